The van der Waals surface area contributed by atoms with Crippen LogP contribution in [-0.4, -0.2) is 42.2 Å². The Hall–Kier alpha value is -1.19. The summed E-state index contributed by atoms with van der Waals surface area (Å²) in [5.41, 5.74) is 0.218. The topological polar surface area (TPSA) is 107 Å². The molecule has 0 radical (unpaired) electrons. The first-order valence-corrected chi connectivity index (χ1v) is 8.31. The van der Waals surface area contributed by atoms with E-state index in [-0.39, 0.29) is 22.9 Å². The van der Waals surface area contributed by atoms with Gasteiger partial charge in [0.15, 0.2) is 9.84 Å². The first kappa shape index (κ1) is 15.2. The second-order valence-electron chi connectivity index (χ2n) is 4.63. The molecule has 1 aromatic carbocycles. The fraction of sp³-hybridized carbons (Fsp3) is 0.455. The lowest BCUT2D eigenvalue weighted by atomic mass is 10.2. The van der Waals surface area contributed by atoms with Gasteiger partial charge in [0.25, 0.3) is 0 Å². The van der Waals surface area contributed by atoms with E-state index in [4.69, 9.17) is 4.74 Å². The van der Waals surface area contributed by atoms with Crippen LogP contribution in [-0.2, 0) is 9.84 Å². The number of nitro benzene ring substituents is 1. The second kappa shape index (κ2) is 5.30. The Balaban J connectivity index is 2.37. The van der Waals surface area contributed by atoms with Crippen LogP contribution in [0.1, 0.15) is 5.56 Å². The Morgan fingerprint density at radius 1 is 1.45 bits per heavy atom. The van der Waals surface area contributed by atoms with E-state index in [1.54, 1.807) is 13.0 Å². The van der Waals surface area contributed by atoms with Gasteiger partial charge in [0.2, 0.25) is 5.75 Å². The lowest BCUT2D eigenvalue weighted by molar-refractivity contribution is -0.386. The average molecular weight is 366 g/mol. The number of aliphatic hydroxyl groups excluding tert-OH is 1. The Morgan fingerprint density at radius 3 is 2.60 bits per heavy atom. The fourth-order valence-electron chi connectivity index (χ4n) is 2.06. The molecule has 1 N–H and O–H groups in total. The number of halogens is 1. The Labute approximate surface area is 123 Å². The number of ether oxygens (including phenoxy) is 1. The van der Waals surface area contributed by atoms with E-state index >= 15 is 0 Å². The molecule has 1 aromatic rings. The number of nitro groups is 1. The SMILES string of the molecule is Cc1cc(Br)cc([N+](=O)[O-])c1OC1CS(=O)(=O)CC1O. The number of nitrogens with zero attached hydrogens (tertiary/aromatic N) is 1. The molecule has 2 unspecified atom stereocenters. The van der Waals surface area contributed by atoms with Crippen molar-refractivity contribution in [1.29, 1.82) is 0 Å². The van der Waals surface area contributed by atoms with Gasteiger partial charge in [-0.2, -0.15) is 0 Å². The molecular formula is C11H12BrNO6S. The van der Waals surface area contributed by atoms with E-state index in [1.165, 1.54) is 6.07 Å². The number of sulfone groups is 1. The zero-order valence-corrected chi connectivity index (χ0v) is 12.8. The van der Waals surface area contributed by atoms with Crippen LogP contribution in [0.2, 0.25) is 0 Å². The summed E-state index contributed by atoms with van der Waals surface area (Å²) in [6.07, 6.45) is -2.17. The van der Waals surface area contributed by atoms with Crippen molar-refractivity contribution in [2.45, 2.75) is 19.1 Å². The lowest BCUT2D eigenvalue weighted by Gasteiger charge is -2.17. The molecule has 1 aliphatic rings. The Morgan fingerprint density at radius 2 is 2.10 bits per heavy atom. The molecule has 0 spiro atoms. The maximum absolute atomic E-state index is 11.4. The van der Waals surface area contributed by atoms with Crippen LogP contribution < -0.4 is 4.74 Å². The minimum atomic E-state index is -3.37. The Kier molecular flexibility index (Phi) is 4.03. The summed E-state index contributed by atoms with van der Waals surface area (Å²) in [7, 11) is -3.37. The van der Waals surface area contributed by atoms with Crippen LogP contribution in [0.3, 0.4) is 0 Å². The van der Waals surface area contributed by atoms with Gasteiger partial charge in [0, 0.05) is 10.5 Å². The molecule has 7 nitrogen and oxygen atoms in total. The third-order valence-corrected chi connectivity index (χ3v) is 5.10. The van der Waals surface area contributed by atoms with Crippen LogP contribution in [0, 0.1) is 17.0 Å². The number of hydrogen-bond donors (Lipinski definition) is 1. The minimum absolute atomic E-state index is 0.0145. The highest BCUT2D eigenvalue weighted by molar-refractivity contribution is 9.10. The number of rotatable bonds is 3. The standard InChI is InChI=1S/C11H12BrNO6S/c1-6-2-7(12)3-8(13(15)16)11(6)19-10-5-20(17,18)4-9(10)14/h2-3,9-10,14H,4-5H2,1H3. The molecule has 2 rings (SSSR count). The highest BCUT2D eigenvalue weighted by Crippen LogP contribution is 2.36. The van der Waals surface area contributed by atoms with E-state index in [0.717, 1.165) is 0 Å². The van der Waals surface area contributed by atoms with Crippen LogP contribution in [0.4, 0.5) is 5.69 Å². The number of hydrogen-bond acceptors (Lipinski definition) is 6. The number of aliphatic hydroxyl groups is 1. The van der Waals surface area contributed by atoms with Crippen LogP contribution >= 0.6 is 15.9 Å². The number of benzene rings is 1. The summed E-state index contributed by atoms with van der Waals surface area (Å²) in [6, 6.07) is 2.90. The largest absolute Gasteiger partial charge is 0.479 e. The molecule has 20 heavy (non-hydrogen) atoms. The molecule has 0 aromatic heterocycles. The van der Waals surface area contributed by atoms with Crippen molar-refractivity contribution in [3.63, 3.8) is 0 Å². The van der Waals surface area contributed by atoms with Crippen LogP contribution in [0.25, 0.3) is 0 Å². The first-order chi connectivity index (χ1) is 9.19. The van der Waals surface area contributed by atoms with Gasteiger partial charge >= 0.3 is 5.69 Å². The molecule has 0 saturated carbocycles. The molecule has 9 heteroatoms. The summed E-state index contributed by atoms with van der Waals surface area (Å²) >= 11 is 3.15. The molecular weight excluding hydrogens is 354 g/mol. The van der Waals surface area contributed by atoms with Crippen molar-refractivity contribution < 1.29 is 23.2 Å². The zero-order valence-electron chi connectivity index (χ0n) is 10.4. The lowest BCUT2D eigenvalue weighted by Crippen LogP contribution is -2.30. The molecule has 1 heterocycles. The smallest absolute Gasteiger partial charge is 0.312 e. The van der Waals surface area contributed by atoms with Gasteiger partial charge in [0.1, 0.15) is 12.2 Å². The molecule has 1 saturated heterocycles. The monoisotopic (exact) mass is 365 g/mol. The average Bonchev–Trinajstić information content (AvgIpc) is 2.54. The molecule has 1 aliphatic heterocycles. The maximum Gasteiger partial charge on any atom is 0.312 e. The normalized spacial score (nSPS) is 24.6. The maximum atomic E-state index is 11.4. The predicted octanol–water partition coefficient (Wildman–Crippen LogP) is 1.20. The predicted molar refractivity (Wildman–Crippen MR) is 74.6 cm³/mol. The quantitative estimate of drug-likeness (QED) is 0.636. The summed E-state index contributed by atoms with van der Waals surface area (Å²) < 4.78 is 28.8. The zero-order chi connectivity index (χ0) is 15.1. The van der Waals surface area contributed by atoms with Gasteiger partial charge in [-0.15, -0.1) is 0 Å². The summed E-state index contributed by atoms with van der Waals surface area (Å²) in [6.45, 7) is 1.61. The van der Waals surface area contributed by atoms with Crippen LogP contribution in [0.15, 0.2) is 16.6 Å². The molecule has 0 amide bonds. The van der Waals surface area contributed by atoms with Crippen molar-refractivity contribution in [3.8, 4) is 5.75 Å². The van der Waals surface area contributed by atoms with Gasteiger partial charge in [-0.3, -0.25) is 10.1 Å². The third kappa shape index (κ3) is 3.10. The minimum Gasteiger partial charge on any atom is -0.479 e. The Bertz CT molecular complexity index is 659. The highest BCUT2D eigenvalue weighted by Gasteiger charge is 2.39. The van der Waals surface area contributed by atoms with Crippen molar-refractivity contribution in [2.24, 2.45) is 0 Å². The summed E-state index contributed by atoms with van der Waals surface area (Å²) in [5, 5.41) is 20.7. The summed E-state index contributed by atoms with van der Waals surface area (Å²) in [4.78, 5) is 10.4. The molecule has 110 valence electrons. The molecule has 0 aliphatic carbocycles. The summed E-state index contributed by atoms with van der Waals surface area (Å²) in [5.74, 6) is -0.749. The van der Waals surface area contributed by atoms with Crippen molar-refractivity contribution in [1.82, 2.24) is 0 Å². The van der Waals surface area contributed by atoms with Gasteiger partial charge in [-0.05, 0) is 18.6 Å². The number of aryl methyl sites for hydroxylation is 1. The van der Waals surface area contributed by atoms with Gasteiger partial charge in [0.05, 0.1) is 16.4 Å². The molecule has 2 atom stereocenters. The van der Waals surface area contributed by atoms with E-state index in [2.05, 4.69) is 15.9 Å². The molecule has 0 bridgehead atoms. The van der Waals surface area contributed by atoms with Gasteiger partial charge in [-0.1, -0.05) is 15.9 Å². The fourth-order valence-corrected chi connectivity index (χ4v) is 4.28. The highest BCUT2D eigenvalue weighted by atomic mass is 79.9. The van der Waals surface area contributed by atoms with E-state index in [1.807, 2.05) is 0 Å². The molecule has 1 fully saturated rings. The van der Waals surface area contributed by atoms with Gasteiger partial charge in [-0.25, -0.2) is 8.42 Å². The first-order valence-electron chi connectivity index (χ1n) is 5.69. The van der Waals surface area contributed by atoms with Crippen molar-refractivity contribution >= 4 is 31.5 Å². The third-order valence-electron chi connectivity index (χ3n) is 2.96. The van der Waals surface area contributed by atoms with Crippen LogP contribution in [0.5, 0.6) is 5.75 Å². The van der Waals surface area contributed by atoms with Crippen molar-refractivity contribution in [2.75, 3.05) is 11.5 Å². The van der Waals surface area contributed by atoms with E-state index in [0.29, 0.717) is 10.0 Å². The van der Waals surface area contributed by atoms with Gasteiger partial charge < -0.3 is 9.84 Å². The van der Waals surface area contributed by atoms with E-state index in [9.17, 15) is 23.6 Å². The van der Waals surface area contributed by atoms with Crippen molar-refractivity contribution in [3.05, 3.63) is 32.3 Å². The second-order valence-corrected chi connectivity index (χ2v) is 7.70. The van der Waals surface area contributed by atoms with E-state index < -0.39 is 27.0 Å².